The molecule has 0 spiro atoms. The molecule has 2 N–H and O–H groups in total. The Morgan fingerprint density at radius 1 is 1.26 bits per heavy atom. The molecule has 6 nitrogen and oxygen atoms in total. The topological polar surface area (TPSA) is 84.5 Å². The zero-order valence-corrected chi connectivity index (χ0v) is 15.2. The van der Waals surface area contributed by atoms with Crippen molar-refractivity contribution in [2.75, 3.05) is 10.6 Å². The Hall–Kier alpha value is -2.87. The molecule has 1 aliphatic heterocycles. The Kier molecular flexibility index (Phi) is 5.75. The monoisotopic (exact) mass is 388 g/mol. The molecule has 8 heteroatoms. The van der Waals surface area contributed by atoms with Crippen LogP contribution in [0.15, 0.2) is 53.4 Å². The second-order valence-electron chi connectivity index (χ2n) is 5.93. The second kappa shape index (κ2) is 8.22. The minimum atomic E-state index is -1.08. The number of para-hydroxylation sites is 1. The lowest BCUT2D eigenvalue weighted by Crippen LogP contribution is -2.34. The van der Waals surface area contributed by atoms with E-state index in [0.717, 1.165) is 11.0 Å². The fraction of sp³-hybridized carbons (Fsp3) is 0.211. The molecule has 2 aromatic rings. The third-order valence-corrected chi connectivity index (χ3v) is 5.10. The number of halogens is 1. The lowest BCUT2D eigenvalue weighted by atomic mass is 10.2. The fourth-order valence-electron chi connectivity index (χ4n) is 2.49. The van der Waals surface area contributed by atoms with Crippen LogP contribution in [0.3, 0.4) is 0 Å². The first-order valence-electron chi connectivity index (χ1n) is 8.25. The van der Waals surface area contributed by atoms with Crippen LogP contribution in [0.25, 0.3) is 0 Å². The van der Waals surface area contributed by atoms with Gasteiger partial charge in [0.15, 0.2) is 6.10 Å². The van der Waals surface area contributed by atoms with Crippen molar-refractivity contribution in [3.63, 3.8) is 0 Å². The Morgan fingerprint density at radius 3 is 2.81 bits per heavy atom. The van der Waals surface area contributed by atoms with Crippen LogP contribution in [0.2, 0.25) is 0 Å². The molecule has 0 bridgehead atoms. The van der Waals surface area contributed by atoms with Crippen LogP contribution in [-0.4, -0.2) is 29.1 Å². The number of anilines is 2. The normalized spacial score (nSPS) is 16.7. The van der Waals surface area contributed by atoms with Crippen molar-refractivity contribution in [1.29, 1.82) is 0 Å². The number of amides is 2. The number of carbonyl (C=O) groups excluding carboxylic acids is 3. The van der Waals surface area contributed by atoms with E-state index in [1.54, 1.807) is 6.07 Å². The van der Waals surface area contributed by atoms with Gasteiger partial charge in [0.05, 0.1) is 17.4 Å². The lowest BCUT2D eigenvalue weighted by Gasteiger charge is -2.23. The molecule has 0 unspecified atom stereocenters. The van der Waals surface area contributed by atoms with Crippen molar-refractivity contribution in [3.8, 4) is 0 Å². The third-order valence-electron chi connectivity index (χ3n) is 3.83. The maximum absolute atomic E-state index is 13.2. The number of benzene rings is 2. The van der Waals surface area contributed by atoms with E-state index < -0.39 is 29.0 Å². The molecule has 2 amide bonds. The van der Waals surface area contributed by atoms with Crippen molar-refractivity contribution in [3.05, 3.63) is 54.3 Å². The summed E-state index contributed by atoms with van der Waals surface area (Å²) in [5.74, 6) is -2.02. The predicted octanol–water partition coefficient (Wildman–Crippen LogP) is 3.20. The predicted molar refractivity (Wildman–Crippen MR) is 99.9 cm³/mol. The summed E-state index contributed by atoms with van der Waals surface area (Å²) < 4.78 is 18.3. The first-order chi connectivity index (χ1) is 12.9. The molecule has 0 aliphatic carbocycles. The number of fused-ring (bicyclic) bond motifs is 1. The van der Waals surface area contributed by atoms with Crippen molar-refractivity contribution in [2.24, 2.45) is 0 Å². The quantitative estimate of drug-likeness (QED) is 0.769. The summed E-state index contributed by atoms with van der Waals surface area (Å²) in [4.78, 5) is 37.2. The van der Waals surface area contributed by atoms with Crippen molar-refractivity contribution in [2.45, 2.75) is 29.6 Å². The maximum Gasteiger partial charge on any atom is 0.308 e. The first kappa shape index (κ1) is 18.9. The van der Waals surface area contributed by atoms with Gasteiger partial charge in [0.1, 0.15) is 5.82 Å². The first-order valence-corrected chi connectivity index (χ1v) is 9.13. The smallest absolute Gasteiger partial charge is 0.308 e. The number of thioether (sulfide) groups is 1. The van der Waals surface area contributed by atoms with Gasteiger partial charge in [0.25, 0.3) is 5.91 Å². The maximum atomic E-state index is 13.2. The Labute approximate surface area is 159 Å². The van der Waals surface area contributed by atoms with Gasteiger partial charge in [-0.3, -0.25) is 14.4 Å². The summed E-state index contributed by atoms with van der Waals surface area (Å²) in [6.07, 6.45) is -1.24. The van der Waals surface area contributed by atoms with Gasteiger partial charge in [0.2, 0.25) is 5.91 Å². The molecule has 140 valence electrons. The number of nitrogens with one attached hydrogen (secondary N) is 2. The van der Waals surface area contributed by atoms with Gasteiger partial charge in [0, 0.05) is 10.6 Å². The number of carbonyl (C=O) groups is 3. The van der Waals surface area contributed by atoms with Gasteiger partial charge < -0.3 is 15.4 Å². The standard InChI is InChI=1S/C19H17FN2O4S/c1-11(18(24)21-13-6-4-5-12(20)9-13)26-17(23)10-16-19(25)22-14-7-2-3-8-15(14)27-16/h2-9,11,16H,10H2,1H3,(H,21,24)(H,22,25)/t11-,16-/m1/s1. The summed E-state index contributed by atoms with van der Waals surface area (Å²) in [6, 6.07) is 12.7. The van der Waals surface area contributed by atoms with Crippen LogP contribution in [0.1, 0.15) is 13.3 Å². The van der Waals surface area contributed by atoms with Gasteiger partial charge in [-0.2, -0.15) is 0 Å². The molecular formula is C19H17FN2O4S. The summed E-state index contributed by atoms with van der Waals surface area (Å²) >= 11 is 1.28. The van der Waals surface area contributed by atoms with Crippen LogP contribution in [0, 0.1) is 5.82 Å². The molecule has 0 saturated heterocycles. The number of esters is 1. The highest BCUT2D eigenvalue weighted by Crippen LogP contribution is 2.36. The molecule has 2 aromatic carbocycles. The highest BCUT2D eigenvalue weighted by molar-refractivity contribution is 8.01. The average Bonchev–Trinajstić information content (AvgIpc) is 2.62. The zero-order valence-electron chi connectivity index (χ0n) is 14.4. The van der Waals surface area contributed by atoms with Gasteiger partial charge >= 0.3 is 5.97 Å². The minimum absolute atomic E-state index is 0.164. The van der Waals surface area contributed by atoms with E-state index in [2.05, 4.69) is 10.6 Å². The lowest BCUT2D eigenvalue weighted by molar-refractivity contribution is -0.153. The fourth-order valence-corrected chi connectivity index (χ4v) is 3.58. The molecule has 0 radical (unpaired) electrons. The molecule has 0 fully saturated rings. The summed E-state index contributed by atoms with van der Waals surface area (Å²) in [6.45, 7) is 1.41. The zero-order chi connectivity index (χ0) is 19.4. The van der Waals surface area contributed by atoms with Gasteiger partial charge in [-0.05, 0) is 37.3 Å². The molecule has 2 atom stereocenters. The van der Waals surface area contributed by atoms with E-state index in [1.807, 2.05) is 18.2 Å². The van der Waals surface area contributed by atoms with Crippen molar-refractivity contribution >= 4 is 40.9 Å². The van der Waals surface area contributed by atoms with E-state index in [4.69, 9.17) is 4.74 Å². The van der Waals surface area contributed by atoms with E-state index in [-0.39, 0.29) is 18.0 Å². The molecular weight excluding hydrogens is 371 g/mol. The molecule has 3 rings (SSSR count). The van der Waals surface area contributed by atoms with Gasteiger partial charge in [-0.15, -0.1) is 11.8 Å². The Bertz CT molecular complexity index is 890. The van der Waals surface area contributed by atoms with Crippen LogP contribution < -0.4 is 10.6 Å². The van der Waals surface area contributed by atoms with Crippen LogP contribution in [0.5, 0.6) is 0 Å². The largest absolute Gasteiger partial charge is 0.452 e. The van der Waals surface area contributed by atoms with Crippen molar-refractivity contribution in [1.82, 2.24) is 0 Å². The molecule has 27 heavy (non-hydrogen) atoms. The summed E-state index contributed by atoms with van der Waals surface area (Å²) in [7, 11) is 0. The van der Waals surface area contributed by atoms with Crippen LogP contribution >= 0.6 is 11.8 Å². The van der Waals surface area contributed by atoms with Crippen molar-refractivity contribution < 1.29 is 23.5 Å². The summed E-state index contributed by atoms with van der Waals surface area (Å²) in [5, 5.41) is 4.59. The Morgan fingerprint density at radius 2 is 2.04 bits per heavy atom. The second-order valence-corrected chi connectivity index (χ2v) is 7.17. The van der Waals surface area contributed by atoms with E-state index >= 15 is 0 Å². The number of ether oxygens (including phenoxy) is 1. The third kappa shape index (κ3) is 4.85. The molecule has 1 aliphatic rings. The van der Waals surface area contributed by atoms with Crippen LogP contribution in [-0.2, 0) is 19.1 Å². The van der Waals surface area contributed by atoms with Crippen LogP contribution in [0.4, 0.5) is 15.8 Å². The Balaban J connectivity index is 1.54. The average molecular weight is 388 g/mol. The molecule has 0 saturated carbocycles. The number of rotatable bonds is 5. The number of hydrogen-bond donors (Lipinski definition) is 2. The number of hydrogen-bond acceptors (Lipinski definition) is 5. The SMILES string of the molecule is C[C@@H](OC(=O)C[C@H]1Sc2ccccc2NC1=O)C(=O)Nc1cccc(F)c1. The van der Waals surface area contributed by atoms with Gasteiger partial charge in [-0.25, -0.2) is 4.39 Å². The highest BCUT2D eigenvalue weighted by Gasteiger charge is 2.30. The van der Waals surface area contributed by atoms with E-state index in [9.17, 15) is 18.8 Å². The molecule has 1 heterocycles. The minimum Gasteiger partial charge on any atom is -0.452 e. The van der Waals surface area contributed by atoms with Gasteiger partial charge in [-0.1, -0.05) is 18.2 Å². The molecule has 0 aromatic heterocycles. The highest BCUT2D eigenvalue weighted by atomic mass is 32.2. The summed E-state index contributed by atoms with van der Waals surface area (Å²) in [5.41, 5.74) is 0.974. The van der Waals surface area contributed by atoms with E-state index in [1.165, 1.54) is 36.9 Å². The van der Waals surface area contributed by atoms with E-state index in [0.29, 0.717) is 5.69 Å².